The fourth-order valence-electron chi connectivity index (χ4n) is 1.40. The monoisotopic (exact) mass is 301 g/mol. The van der Waals surface area contributed by atoms with Gasteiger partial charge in [-0.2, -0.15) is 0 Å². The van der Waals surface area contributed by atoms with Crippen LogP contribution in [0.25, 0.3) is 0 Å². The molecule has 1 aromatic rings. The van der Waals surface area contributed by atoms with Gasteiger partial charge in [0.25, 0.3) is 5.91 Å². The maximum absolute atomic E-state index is 11.7. The lowest BCUT2D eigenvalue weighted by Gasteiger charge is -2.13. The van der Waals surface area contributed by atoms with E-state index in [2.05, 4.69) is 0 Å². The number of amides is 1. The van der Waals surface area contributed by atoms with Crippen molar-refractivity contribution in [2.45, 2.75) is 13.3 Å². The van der Waals surface area contributed by atoms with E-state index in [0.717, 1.165) is 6.42 Å². The summed E-state index contributed by atoms with van der Waals surface area (Å²) in [5.41, 5.74) is 5.05. The Morgan fingerprint density at radius 3 is 2.60 bits per heavy atom. The molecule has 0 unspecified atom stereocenters. The summed E-state index contributed by atoms with van der Waals surface area (Å²) >= 11 is 6.05. The lowest BCUT2D eigenvalue weighted by Crippen LogP contribution is -2.21. The van der Waals surface area contributed by atoms with Gasteiger partial charge in [-0.3, -0.25) is 4.79 Å². The number of nitrogens with two attached hydrogens (primary N) is 1. The molecule has 6 nitrogen and oxygen atoms in total. The van der Waals surface area contributed by atoms with Gasteiger partial charge in [0.1, 0.15) is 0 Å². The van der Waals surface area contributed by atoms with Crippen molar-refractivity contribution in [1.29, 1.82) is 0 Å². The number of esters is 1. The second-order valence-electron chi connectivity index (χ2n) is 3.88. The number of benzene rings is 1. The van der Waals surface area contributed by atoms with Crippen LogP contribution in [-0.2, 0) is 9.53 Å². The summed E-state index contributed by atoms with van der Waals surface area (Å²) in [5, 5.41) is 0.226. The number of carbonyl (C=O) groups is 2. The van der Waals surface area contributed by atoms with Gasteiger partial charge >= 0.3 is 5.97 Å². The smallest absolute Gasteiger partial charge is 0.338 e. The molecule has 7 heteroatoms. The van der Waals surface area contributed by atoms with Crippen LogP contribution >= 0.6 is 11.6 Å². The SMILES string of the molecule is CCCOc1c(Cl)cc(C(=O)OCC(N)=O)cc1OC. The highest BCUT2D eigenvalue weighted by Crippen LogP contribution is 2.36. The number of hydrogen-bond acceptors (Lipinski definition) is 5. The molecule has 0 atom stereocenters. The third kappa shape index (κ3) is 4.31. The highest BCUT2D eigenvalue weighted by molar-refractivity contribution is 6.32. The van der Waals surface area contributed by atoms with E-state index < -0.39 is 18.5 Å². The third-order valence-electron chi connectivity index (χ3n) is 2.26. The summed E-state index contributed by atoms with van der Waals surface area (Å²) in [6.45, 7) is 1.93. The summed E-state index contributed by atoms with van der Waals surface area (Å²) in [6, 6.07) is 2.82. The quantitative estimate of drug-likeness (QED) is 0.776. The zero-order chi connectivity index (χ0) is 15.1. The first kappa shape index (κ1) is 16.1. The first-order valence-electron chi connectivity index (χ1n) is 5.95. The van der Waals surface area contributed by atoms with Crippen LogP contribution in [0, 0.1) is 0 Å². The maximum Gasteiger partial charge on any atom is 0.338 e. The van der Waals surface area contributed by atoms with Crippen LogP contribution in [0.2, 0.25) is 5.02 Å². The van der Waals surface area contributed by atoms with E-state index >= 15 is 0 Å². The summed E-state index contributed by atoms with van der Waals surface area (Å²) in [5.74, 6) is -0.773. The molecule has 0 bridgehead atoms. The molecule has 0 spiro atoms. The number of ether oxygens (including phenoxy) is 3. The van der Waals surface area contributed by atoms with Crippen molar-refractivity contribution in [3.05, 3.63) is 22.7 Å². The second-order valence-corrected chi connectivity index (χ2v) is 4.29. The topological polar surface area (TPSA) is 87.9 Å². The van der Waals surface area contributed by atoms with Crippen LogP contribution in [0.1, 0.15) is 23.7 Å². The number of rotatable bonds is 7. The fourth-order valence-corrected chi connectivity index (χ4v) is 1.67. The van der Waals surface area contributed by atoms with Gasteiger partial charge in [-0.1, -0.05) is 18.5 Å². The molecule has 1 aromatic carbocycles. The minimum atomic E-state index is -0.737. The van der Waals surface area contributed by atoms with E-state index in [1.54, 1.807) is 0 Å². The predicted octanol–water partition coefficient (Wildman–Crippen LogP) is 1.78. The van der Waals surface area contributed by atoms with Gasteiger partial charge in [0.05, 0.1) is 24.3 Å². The average Bonchev–Trinajstić information content (AvgIpc) is 2.42. The Bertz CT molecular complexity index is 504. The summed E-state index contributed by atoms with van der Waals surface area (Å²) in [6.07, 6.45) is 0.807. The van der Waals surface area contributed by atoms with Crippen molar-refractivity contribution in [1.82, 2.24) is 0 Å². The second kappa shape index (κ2) is 7.59. The minimum Gasteiger partial charge on any atom is -0.493 e. The zero-order valence-corrected chi connectivity index (χ0v) is 12.0. The van der Waals surface area contributed by atoms with Crippen molar-refractivity contribution in [2.75, 3.05) is 20.3 Å². The van der Waals surface area contributed by atoms with Crippen molar-refractivity contribution in [3.63, 3.8) is 0 Å². The molecule has 110 valence electrons. The lowest BCUT2D eigenvalue weighted by molar-refractivity contribution is -0.121. The Balaban J connectivity index is 2.97. The normalized spacial score (nSPS) is 9.95. The van der Waals surface area contributed by atoms with Gasteiger partial charge in [-0.15, -0.1) is 0 Å². The van der Waals surface area contributed by atoms with Crippen LogP contribution in [0.5, 0.6) is 11.5 Å². The predicted molar refractivity (Wildman–Crippen MR) is 73.3 cm³/mol. The molecule has 2 N–H and O–H groups in total. The van der Waals surface area contributed by atoms with E-state index in [4.69, 9.17) is 31.5 Å². The molecule has 0 aliphatic rings. The van der Waals surface area contributed by atoms with E-state index in [0.29, 0.717) is 18.1 Å². The highest BCUT2D eigenvalue weighted by atomic mass is 35.5. The van der Waals surface area contributed by atoms with Crippen LogP contribution in [0.3, 0.4) is 0 Å². The lowest BCUT2D eigenvalue weighted by atomic mass is 10.2. The first-order valence-corrected chi connectivity index (χ1v) is 6.33. The Kier molecular flexibility index (Phi) is 6.11. The molecule has 0 saturated heterocycles. The summed E-state index contributed by atoms with van der Waals surface area (Å²) < 4.78 is 15.3. The molecule has 0 saturated carbocycles. The van der Waals surface area contributed by atoms with Crippen LogP contribution in [-0.4, -0.2) is 32.2 Å². The largest absolute Gasteiger partial charge is 0.493 e. The molecule has 0 aliphatic carbocycles. The number of halogens is 1. The summed E-state index contributed by atoms with van der Waals surface area (Å²) in [4.78, 5) is 22.3. The van der Waals surface area contributed by atoms with E-state index in [9.17, 15) is 9.59 Å². The molecule has 0 aliphatic heterocycles. The molecule has 0 aromatic heterocycles. The van der Waals surface area contributed by atoms with Crippen LogP contribution in [0.4, 0.5) is 0 Å². The standard InChI is InChI=1S/C13H16ClNO5/c1-3-4-19-12-9(14)5-8(6-10(12)18-2)13(17)20-7-11(15)16/h5-6H,3-4,7H2,1-2H3,(H2,15,16). The molecule has 0 heterocycles. The molecular formula is C13H16ClNO5. The zero-order valence-electron chi connectivity index (χ0n) is 11.3. The number of primary amides is 1. The van der Waals surface area contributed by atoms with E-state index in [-0.39, 0.29) is 10.6 Å². The number of carbonyl (C=O) groups excluding carboxylic acids is 2. The molecule has 0 fully saturated rings. The van der Waals surface area contributed by atoms with Gasteiger partial charge < -0.3 is 19.9 Å². The van der Waals surface area contributed by atoms with Crippen molar-refractivity contribution in [2.24, 2.45) is 5.73 Å². The van der Waals surface area contributed by atoms with Gasteiger partial charge in [0.2, 0.25) is 0 Å². The Morgan fingerprint density at radius 2 is 2.05 bits per heavy atom. The number of methoxy groups -OCH3 is 1. The molecule has 1 rings (SSSR count). The summed E-state index contributed by atoms with van der Waals surface area (Å²) in [7, 11) is 1.43. The van der Waals surface area contributed by atoms with Gasteiger partial charge in [-0.05, 0) is 18.6 Å². The molecular weight excluding hydrogens is 286 g/mol. The highest BCUT2D eigenvalue weighted by Gasteiger charge is 2.17. The van der Waals surface area contributed by atoms with E-state index in [1.807, 2.05) is 6.92 Å². The van der Waals surface area contributed by atoms with Gasteiger partial charge in [0.15, 0.2) is 18.1 Å². The number of hydrogen-bond donors (Lipinski definition) is 1. The first-order chi connectivity index (χ1) is 9.49. The molecule has 0 radical (unpaired) electrons. The van der Waals surface area contributed by atoms with Crippen molar-refractivity contribution in [3.8, 4) is 11.5 Å². The fraction of sp³-hybridized carbons (Fsp3) is 0.385. The van der Waals surface area contributed by atoms with Gasteiger partial charge in [0, 0.05) is 0 Å². The maximum atomic E-state index is 11.7. The Morgan fingerprint density at radius 1 is 1.35 bits per heavy atom. The Hall–Kier alpha value is -1.95. The minimum absolute atomic E-state index is 0.150. The average molecular weight is 302 g/mol. The van der Waals surface area contributed by atoms with Gasteiger partial charge in [-0.25, -0.2) is 4.79 Å². The van der Waals surface area contributed by atoms with E-state index in [1.165, 1.54) is 19.2 Å². The van der Waals surface area contributed by atoms with Crippen LogP contribution < -0.4 is 15.2 Å². The van der Waals surface area contributed by atoms with Crippen molar-refractivity contribution < 1.29 is 23.8 Å². The molecule has 1 amide bonds. The van der Waals surface area contributed by atoms with Crippen LogP contribution in [0.15, 0.2) is 12.1 Å². The van der Waals surface area contributed by atoms with Crippen molar-refractivity contribution >= 4 is 23.5 Å². The molecule has 20 heavy (non-hydrogen) atoms. The third-order valence-corrected chi connectivity index (χ3v) is 2.54. The Labute approximate surface area is 121 Å².